The van der Waals surface area contributed by atoms with Crippen molar-refractivity contribution in [3.63, 3.8) is 0 Å². The lowest BCUT2D eigenvalue weighted by Gasteiger charge is -2.17. The predicted octanol–water partition coefficient (Wildman–Crippen LogP) is 6.60. The van der Waals surface area contributed by atoms with E-state index in [1.165, 1.54) is 12.1 Å². The summed E-state index contributed by atoms with van der Waals surface area (Å²) in [4.78, 5) is 14.2. The molecule has 0 fully saturated rings. The molecule has 1 aromatic heterocycles. The lowest BCUT2D eigenvalue weighted by Crippen LogP contribution is -2.14. The summed E-state index contributed by atoms with van der Waals surface area (Å²) in [7, 11) is 0. The number of nitro groups is 1. The highest BCUT2D eigenvalue weighted by Gasteiger charge is 2.25. The molecule has 0 bridgehead atoms. The molecule has 1 heterocycles. The number of aromatic amines is 1. The minimum Gasteiger partial charge on any atom is -0.486 e. The van der Waals surface area contributed by atoms with Crippen molar-refractivity contribution in [2.45, 2.75) is 12.5 Å². The van der Waals surface area contributed by atoms with Gasteiger partial charge in [-0.3, -0.25) is 10.1 Å². The number of para-hydroxylation sites is 1. The van der Waals surface area contributed by atoms with Crippen LogP contribution in [-0.4, -0.2) is 16.5 Å². The van der Waals surface area contributed by atoms with Gasteiger partial charge >= 0.3 is 0 Å². The van der Waals surface area contributed by atoms with Crippen LogP contribution in [0, 0.1) is 15.9 Å². The lowest BCUT2D eigenvalue weighted by atomic mass is 9.91. The second-order valence-electron chi connectivity index (χ2n) is 7.09. The molecule has 0 saturated heterocycles. The summed E-state index contributed by atoms with van der Waals surface area (Å²) in [6.45, 7) is -0.241. The van der Waals surface area contributed by atoms with Crippen LogP contribution in [0.1, 0.15) is 22.6 Å². The Hall–Kier alpha value is -3.09. The Balaban J connectivity index is 1.67. The van der Waals surface area contributed by atoms with Gasteiger partial charge < -0.3 is 9.72 Å². The number of nitrogens with zero attached hydrogens (tertiary/aromatic N) is 1. The van der Waals surface area contributed by atoms with Crippen LogP contribution in [0.2, 0.25) is 10.0 Å². The van der Waals surface area contributed by atoms with E-state index in [1.807, 2.05) is 24.3 Å². The van der Waals surface area contributed by atoms with E-state index in [-0.39, 0.29) is 39.7 Å². The summed E-state index contributed by atoms with van der Waals surface area (Å²) in [5.41, 5.74) is 2.90. The Kier molecular flexibility index (Phi) is 6.11. The average Bonchev–Trinajstić information content (AvgIpc) is 3.15. The van der Waals surface area contributed by atoms with E-state index < -0.39 is 5.92 Å². The van der Waals surface area contributed by atoms with Crippen molar-refractivity contribution in [2.75, 3.05) is 6.54 Å². The Labute approximate surface area is 187 Å². The van der Waals surface area contributed by atoms with Crippen molar-refractivity contribution in [3.8, 4) is 5.75 Å². The molecule has 0 radical (unpaired) electrons. The Bertz CT molecular complexity index is 1240. The van der Waals surface area contributed by atoms with Crippen LogP contribution in [0.3, 0.4) is 0 Å². The number of halogens is 3. The highest BCUT2D eigenvalue weighted by molar-refractivity contribution is 6.37. The van der Waals surface area contributed by atoms with Gasteiger partial charge in [-0.15, -0.1) is 0 Å². The molecule has 31 heavy (non-hydrogen) atoms. The zero-order chi connectivity index (χ0) is 22.0. The van der Waals surface area contributed by atoms with E-state index in [0.717, 1.165) is 16.5 Å². The van der Waals surface area contributed by atoms with Gasteiger partial charge in [-0.05, 0) is 47.0 Å². The Morgan fingerprint density at radius 3 is 2.52 bits per heavy atom. The van der Waals surface area contributed by atoms with E-state index >= 15 is 0 Å². The van der Waals surface area contributed by atoms with Gasteiger partial charge in [0.25, 0.3) is 0 Å². The molecule has 4 rings (SSSR count). The first-order valence-corrected chi connectivity index (χ1v) is 10.2. The maximum atomic E-state index is 13.4. The third-order valence-electron chi connectivity index (χ3n) is 5.02. The highest BCUT2D eigenvalue weighted by atomic mass is 35.5. The van der Waals surface area contributed by atoms with E-state index in [2.05, 4.69) is 4.98 Å². The molecule has 1 atom stereocenters. The van der Waals surface area contributed by atoms with Crippen molar-refractivity contribution in [1.82, 2.24) is 4.98 Å². The van der Waals surface area contributed by atoms with Gasteiger partial charge in [-0.1, -0.05) is 53.5 Å². The summed E-state index contributed by atoms with van der Waals surface area (Å²) >= 11 is 12.9. The second kappa shape index (κ2) is 8.96. The van der Waals surface area contributed by atoms with E-state index in [9.17, 15) is 14.5 Å². The molecule has 0 amide bonds. The Morgan fingerprint density at radius 1 is 1.06 bits per heavy atom. The Morgan fingerprint density at radius 2 is 1.81 bits per heavy atom. The minimum atomic E-state index is -0.557. The molecule has 0 aliphatic heterocycles. The maximum absolute atomic E-state index is 13.4. The van der Waals surface area contributed by atoms with E-state index in [4.69, 9.17) is 27.9 Å². The number of hydrogen-bond acceptors (Lipinski definition) is 3. The second-order valence-corrected chi connectivity index (χ2v) is 7.90. The molecule has 0 aliphatic rings. The quantitative estimate of drug-likeness (QED) is 0.250. The van der Waals surface area contributed by atoms with Gasteiger partial charge in [0.2, 0.25) is 6.54 Å². The molecule has 3 aromatic carbocycles. The largest absolute Gasteiger partial charge is 0.486 e. The van der Waals surface area contributed by atoms with Gasteiger partial charge in [0.05, 0.1) is 16.0 Å². The van der Waals surface area contributed by atoms with Crippen LogP contribution in [0.25, 0.3) is 10.9 Å². The standard InChI is InChI=1S/C23H17Cl2FN2O3/c24-20-9-15(10-21(25)23(20)31-13-14-4-3-5-16(26)8-14)19(12-28(29)30)18-11-27-22-7-2-1-6-17(18)22/h1-11,19,27H,12-13H2/t19-/m0/s1. The van der Waals surface area contributed by atoms with Crippen LogP contribution < -0.4 is 4.74 Å². The summed E-state index contributed by atoms with van der Waals surface area (Å²) in [5, 5.41) is 12.8. The lowest BCUT2D eigenvalue weighted by molar-refractivity contribution is -0.481. The minimum absolute atomic E-state index is 0.0807. The van der Waals surface area contributed by atoms with Gasteiger partial charge in [0.15, 0.2) is 5.75 Å². The van der Waals surface area contributed by atoms with Crippen molar-refractivity contribution in [2.24, 2.45) is 0 Å². The highest BCUT2D eigenvalue weighted by Crippen LogP contribution is 2.39. The topological polar surface area (TPSA) is 68.2 Å². The molecule has 5 nitrogen and oxygen atoms in total. The molecule has 8 heteroatoms. The van der Waals surface area contributed by atoms with E-state index in [0.29, 0.717) is 11.1 Å². The summed E-state index contributed by atoms with van der Waals surface area (Å²) in [5.74, 6) is -0.677. The SMILES string of the molecule is O=[N+]([O-])C[C@@H](c1cc(Cl)c(OCc2cccc(F)c2)c(Cl)c1)c1c[nH]c2ccccc12. The third kappa shape index (κ3) is 4.65. The van der Waals surface area contributed by atoms with Crippen molar-refractivity contribution >= 4 is 34.1 Å². The first-order chi connectivity index (χ1) is 14.9. The summed E-state index contributed by atoms with van der Waals surface area (Å²) < 4.78 is 19.1. The molecular weight excluding hydrogens is 442 g/mol. The van der Waals surface area contributed by atoms with Gasteiger partial charge in [-0.25, -0.2) is 4.39 Å². The van der Waals surface area contributed by atoms with Crippen molar-refractivity contribution in [3.05, 3.63) is 110 Å². The predicted molar refractivity (Wildman–Crippen MR) is 119 cm³/mol. The first-order valence-electron chi connectivity index (χ1n) is 9.46. The number of benzene rings is 3. The molecule has 0 spiro atoms. The van der Waals surface area contributed by atoms with Gasteiger partial charge in [0.1, 0.15) is 12.4 Å². The fraction of sp³-hybridized carbons (Fsp3) is 0.130. The fourth-order valence-electron chi connectivity index (χ4n) is 3.62. The number of nitrogens with one attached hydrogen (secondary N) is 1. The van der Waals surface area contributed by atoms with Crippen LogP contribution in [-0.2, 0) is 6.61 Å². The van der Waals surface area contributed by atoms with E-state index in [1.54, 1.807) is 30.5 Å². The number of ether oxygens (including phenoxy) is 1. The molecule has 0 saturated carbocycles. The normalized spacial score (nSPS) is 12.1. The summed E-state index contributed by atoms with van der Waals surface area (Å²) in [6.07, 6.45) is 1.77. The monoisotopic (exact) mass is 458 g/mol. The molecule has 0 unspecified atom stereocenters. The molecule has 1 N–H and O–H groups in total. The molecule has 4 aromatic rings. The zero-order valence-corrected chi connectivity index (χ0v) is 17.7. The van der Waals surface area contributed by atoms with Crippen LogP contribution in [0.5, 0.6) is 5.75 Å². The number of hydrogen-bond donors (Lipinski definition) is 1. The van der Waals surface area contributed by atoms with Crippen LogP contribution >= 0.6 is 23.2 Å². The third-order valence-corrected chi connectivity index (χ3v) is 5.58. The zero-order valence-electron chi connectivity index (χ0n) is 16.1. The number of fused-ring (bicyclic) bond motifs is 1. The number of aromatic nitrogens is 1. The van der Waals surface area contributed by atoms with Gasteiger partial charge in [0, 0.05) is 22.0 Å². The average molecular weight is 459 g/mol. The summed E-state index contributed by atoms with van der Waals surface area (Å²) in [6, 6.07) is 16.9. The fourth-order valence-corrected chi connectivity index (χ4v) is 4.23. The molecule has 158 valence electrons. The van der Waals surface area contributed by atoms with Crippen molar-refractivity contribution in [1.29, 1.82) is 0 Å². The molecular formula is C23H17Cl2FN2O3. The maximum Gasteiger partial charge on any atom is 0.214 e. The number of H-pyrrole nitrogens is 1. The first kappa shape index (κ1) is 21.2. The van der Waals surface area contributed by atoms with Gasteiger partial charge in [-0.2, -0.15) is 0 Å². The van der Waals surface area contributed by atoms with Crippen molar-refractivity contribution < 1.29 is 14.1 Å². The number of rotatable bonds is 7. The van der Waals surface area contributed by atoms with Crippen LogP contribution in [0.15, 0.2) is 66.9 Å². The smallest absolute Gasteiger partial charge is 0.214 e. The van der Waals surface area contributed by atoms with Crippen LogP contribution in [0.4, 0.5) is 4.39 Å². The molecule has 0 aliphatic carbocycles.